The highest BCUT2D eigenvalue weighted by molar-refractivity contribution is 5.26. The molecule has 26 heavy (non-hydrogen) atoms. The SMILES string of the molecule is CCOC1C(OCC)[C@H](OCc2ccc(OC)cc2)C(CO)O[C@@H]1OC. The van der Waals surface area contributed by atoms with Crippen molar-refractivity contribution in [1.82, 2.24) is 0 Å². The topological polar surface area (TPSA) is 75.6 Å². The first-order chi connectivity index (χ1) is 12.7. The summed E-state index contributed by atoms with van der Waals surface area (Å²) in [6.07, 6.45) is -2.51. The van der Waals surface area contributed by atoms with E-state index in [2.05, 4.69) is 0 Å². The van der Waals surface area contributed by atoms with E-state index in [0.717, 1.165) is 11.3 Å². The van der Waals surface area contributed by atoms with E-state index in [1.807, 2.05) is 38.1 Å². The Balaban J connectivity index is 2.13. The van der Waals surface area contributed by atoms with Gasteiger partial charge in [0.15, 0.2) is 6.29 Å². The van der Waals surface area contributed by atoms with Gasteiger partial charge in [-0.3, -0.25) is 0 Å². The highest BCUT2D eigenvalue weighted by Gasteiger charge is 2.48. The van der Waals surface area contributed by atoms with Gasteiger partial charge < -0.3 is 33.5 Å². The molecule has 2 rings (SSSR count). The van der Waals surface area contributed by atoms with Crippen LogP contribution < -0.4 is 4.74 Å². The van der Waals surface area contributed by atoms with Gasteiger partial charge >= 0.3 is 0 Å². The molecule has 0 aromatic heterocycles. The molecule has 3 unspecified atom stereocenters. The summed E-state index contributed by atoms with van der Waals surface area (Å²) in [5.41, 5.74) is 0.986. The number of aliphatic hydroxyl groups is 1. The van der Waals surface area contributed by atoms with Crippen LogP contribution in [0.1, 0.15) is 19.4 Å². The van der Waals surface area contributed by atoms with Gasteiger partial charge in [0.25, 0.3) is 0 Å². The second kappa shape index (κ2) is 10.8. The fraction of sp³-hybridized carbons (Fsp3) is 0.684. The summed E-state index contributed by atoms with van der Waals surface area (Å²) in [5.74, 6) is 0.787. The van der Waals surface area contributed by atoms with E-state index in [1.54, 1.807) is 14.2 Å². The lowest BCUT2D eigenvalue weighted by molar-refractivity contribution is -0.317. The summed E-state index contributed by atoms with van der Waals surface area (Å²) in [5, 5.41) is 9.77. The third-order valence-electron chi connectivity index (χ3n) is 4.32. The minimum absolute atomic E-state index is 0.199. The molecule has 0 radical (unpaired) electrons. The summed E-state index contributed by atoms with van der Waals surface area (Å²) in [6.45, 7) is 4.96. The Morgan fingerprint density at radius 2 is 1.58 bits per heavy atom. The Bertz CT molecular complexity index is 507. The van der Waals surface area contributed by atoms with Crippen LogP contribution in [0.2, 0.25) is 0 Å². The van der Waals surface area contributed by atoms with Crippen molar-refractivity contribution in [3.8, 4) is 5.75 Å². The molecular weight excluding hydrogens is 340 g/mol. The van der Waals surface area contributed by atoms with E-state index in [1.165, 1.54) is 0 Å². The molecule has 1 heterocycles. The first-order valence-corrected chi connectivity index (χ1v) is 8.95. The average Bonchev–Trinajstić information content (AvgIpc) is 2.68. The number of hydrogen-bond donors (Lipinski definition) is 1. The molecule has 1 aliphatic heterocycles. The lowest BCUT2D eigenvalue weighted by Gasteiger charge is -2.44. The largest absolute Gasteiger partial charge is 0.497 e. The van der Waals surface area contributed by atoms with Gasteiger partial charge in [-0.25, -0.2) is 0 Å². The van der Waals surface area contributed by atoms with Crippen LogP contribution in [0.4, 0.5) is 0 Å². The number of benzene rings is 1. The van der Waals surface area contributed by atoms with Crippen molar-refractivity contribution in [3.63, 3.8) is 0 Å². The van der Waals surface area contributed by atoms with Crippen LogP contribution in [0, 0.1) is 0 Å². The van der Waals surface area contributed by atoms with Gasteiger partial charge in [-0.05, 0) is 31.5 Å². The monoisotopic (exact) mass is 370 g/mol. The molecule has 148 valence electrons. The van der Waals surface area contributed by atoms with Gasteiger partial charge in [0.05, 0.1) is 20.3 Å². The van der Waals surface area contributed by atoms with Crippen molar-refractivity contribution in [2.24, 2.45) is 0 Å². The second-order valence-electron chi connectivity index (χ2n) is 5.92. The summed E-state index contributed by atoms with van der Waals surface area (Å²) < 4.78 is 34.2. The maximum absolute atomic E-state index is 9.77. The van der Waals surface area contributed by atoms with Gasteiger partial charge in [-0.1, -0.05) is 12.1 Å². The number of rotatable bonds is 10. The molecule has 1 saturated heterocycles. The molecular formula is C19H30O7. The maximum atomic E-state index is 9.77. The van der Waals surface area contributed by atoms with E-state index in [-0.39, 0.29) is 6.61 Å². The third kappa shape index (κ3) is 5.16. The number of hydrogen-bond acceptors (Lipinski definition) is 7. The van der Waals surface area contributed by atoms with Gasteiger partial charge in [-0.15, -0.1) is 0 Å². The first kappa shape index (κ1) is 21.1. The fourth-order valence-corrected chi connectivity index (χ4v) is 3.08. The fourth-order valence-electron chi connectivity index (χ4n) is 3.08. The summed E-state index contributed by atoms with van der Waals surface area (Å²) in [7, 11) is 3.18. The zero-order valence-electron chi connectivity index (χ0n) is 15.9. The molecule has 7 nitrogen and oxygen atoms in total. The Kier molecular flexibility index (Phi) is 8.77. The van der Waals surface area contributed by atoms with Crippen LogP contribution >= 0.6 is 0 Å². The summed E-state index contributed by atoms with van der Waals surface area (Å²) >= 11 is 0. The zero-order valence-corrected chi connectivity index (χ0v) is 15.9. The molecule has 0 spiro atoms. The Morgan fingerprint density at radius 3 is 2.12 bits per heavy atom. The van der Waals surface area contributed by atoms with Crippen LogP contribution in [0.5, 0.6) is 5.75 Å². The molecule has 1 N–H and O–H groups in total. The van der Waals surface area contributed by atoms with E-state index in [4.69, 9.17) is 28.4 Å². The number of methoxy groups -OCH3 is 2. The van der Waals surface area contributed by atoms with Crippen molar-refractivity contribution in [2.75, 3.05) is 34.0 Å². The Hall–Kier alpha value is -1.22. The van der Waals surface area contributed by atoms with E-state index < -0.39 is 30.7 Å². The molecule has 1 fully saturated rings. The van der Waals surface area contributed by atoms with Crippen molar-refractivity contribution in [1.29, 1.82) is 0 Å². The normalized spacial score (nSPS) is 28.9. The summed E-state index contributed by atoms with van der Waals surface area (Å²) in [4.78, 5) is 0. The molecule has 5 atom stereocenters. The smallest absolute Gasteiger partial charge is 0.186 e. The van der Waals surface area contributed by atoms with Crippen molar-refractivity contribution in [2.45, 2.75) is 51.2 Å². The zero-order chi connectivity index (χ0) is 18.9. The highest BCUT2D eigenvalue weighted by Crippen LogP contribution is 2.29. The van der Waals surface area contributed by atoms with E-state index in [9.17, 15) is 5.11 Å². The molecule has 1 aromatic carbocycles. The van der Waals surface area contributed by atoms with Crippen molar-refractivity contribution in [3.05, 3.63) is 29.8 Å². The predicted octanol–water partition coefficient (Wildman–Crippen LogP) is 1.75. The molecule has 0 aliphatic carbocycles. The lowest BCUT2D eigenvalue weighted by Crippen LogP contribution is -2.61. The molecule has 1 aliphatic rings. The predicted molar refractivity (Wildman–Crippen MR) is 95.2 cm³/mol. The summed E-state index contributed by atoms with van der Waals surface area (Å²) in [6, 6.07) is 7.63. The highest BCUT2D eigenvalue weighted by atomic mass is 16.7. The molecule has 0 amide bonds. The molecule has 0 bridgehead atoms. The third-order valence-corrected chi connectivity index (χ3v) is 4.32. The van der Waals surface area contributed by atoms with Crippen LogP contribution in [-0.4, -0.2) is 69.9 Å². The maximum Gasteiger partial charge on any atom is 0.186 e. The van der Waals surface area contributed by atoms with Crippen molar-refractivity contribution < 1.29 is 33.5 Å². The van der Waals surface area contributed by atoms with Gasteiger partial charge in [0.2, 0.25) is 0 Å². The average molecular weight is 370 g/mol. The molecule has 7 heteroatoms. The minimum atomic E-state index is -0.621. The first-order valence-electron chi connectivity index (χ1n) is 8.95. The standard InChI is InChI=1S/C19H30O7/c1-5-23-17-16(25-12-13-7-9-14(21-3)10-8-13)15(11-20)26-19(22-4)18(17)24-6-2/h7-10,15-20H,5-6,11-12H2,1-4H3/t15?,16-,17?,18?,19+/m1/s1. The molecule has 0 saturated carbocycles. The van der Waals surface area contributed by atoms with Crippen LogP contribution in [0.3, 0.4) is 0 Å². The van der Waals surface area contributed by atoms with E-state index in [0.29, 0.717) is 19.8 Å². The number of aliphatic hydroxyl groups excluding tert-OH is 1. The second-order valence-corrected chi connectivity index (χ2v) is 5.92. The lowest BCUT2D eigenvalue weighted by atomic mass is 9.98. The van der Waals surface area contributed by atoms with Crippen LogP contribution in [0.15, 0.2) is 24.3 Å². The van der Waals surface area contributed by atoms with Crippen molar-refractivity contribution >= 4 is 0 Å². The molecule has 1 aromatic rings. The quantitative estimate of drug-likeness (QED) is 0.672. The van der Waals surface area contributed by atoms with Gasteiger partial charge in [-0.2, -0.15) is 0 Å². The van der Waals surface area contributed by atoms with Gasteiger partial charge in [0, 0.05) is 20.3 Å². The minimum Gasteiger partial charge on any atom is -0.497 e. The van der Waals surface area contributed by atoms with Crippen LogP contribution in [-0.2, 0) is 30.3 Å². The Morgan fingerprint density at radius 1 is 0.923 bits per heavy atom. The Labute approximate surface area is 155 Å². The van der Waals surface area contributed by atoms with Crippen LogP contribution in [0.25, 0.3) is 0 Å². The van der Waals surface area contributed by atoms with E-state index >= 15 is 0 Å². The van der Waals surface area contributed by atoms with Gasteiger partial charge in [0.1, 0.15) is 30.2 Å². The number of ether oxygens (including phenoxy) is 6.